The number of halogens is 3. The number of alkyl halides is 3. The lowest BCUT2D eigenvalue weighted by Gasteiger charge is -2.31. The summed E-state index contributed by atoms with van der Waals surface area (Å²) in [5.74, 6) is -1.57. The molecule has 1 aliphatic heterocycles. The predicted molar refractivity (Wildman–Crippen MR) is 99.5 cm³/mol. The van der Waals surface area contributed by atoms with Gasteiger partial charge in [0, 0.05) is 13.1 Å². The number of ether oxygens (including phenoxy) is 2. The lowest BCUT2D eigenvalue weighted by atomic mass is 10.1. The molecule has 0 bridgehead atoms. The molecular weight excluding hydrogens is 409 g/mol. The van der Waals surface area contributed by atoms with Crippen molar-refractivity contribution in [3.8, 4) is 5.75 Å². The molecule has 1 saturated heterocycles. The van der Waals surface area contributed by atoms with Crippen molar-refractivity contribution in [2.45, 2.75) is 6.18 Å². The zero-order valence-electron chi connectivity index (χ0n) is 15.5. The second-order valence-electron chi connectivity index (χ2n) is 6.25. The van der Waals surface area contributed by atoms with Gasteiger partial charge >= 0.3 is 12.0 Å². The summed E-state index contributed by atoms with van der Waals surface area (Å²) in [4.78, 5) is 27.8. The molecule has 1 fully saturated rings. The fourth-order valence-electron chi connectivity index (χ4n) is 2.85. The number of hydrogen-bond acceptors (Lipinski definition) is 7. The van der Waals surface area contributed by atoms with Gasteiger partial charge in [-0.3, -0.25) is 4.79 Å². The third-order valence-corrected chi connectivity index (χ3v) is 4.23. The summed E-state index contributed by atoms with van der Waals surface area (Å²) in [5.41, 5.74) is -0.549. The minimum atomic E-state index is -4.59. The smallest absolute Gasteiger partial charge is 0.416 e. The Morgan fingerprint density at radius 3 is 2.70 bits per heavy atom. The Hall–Kier alpha value is -3.41. The Labute approximate surface area is 168 Å². The molecule has 0 unspecified atom stereocenters. The topological polar surface area (TPSA) is 107 Å². The summed E-state index contributed by atoms with van der Waals surface area (Å²) in [5, 5.41) is 13.4. The van der Waals surface area contributed by atoms with Gasteiger partial charge in [-0.15, -0.1) is 0 Å². The van der Waals surface area contributed by atoms with Gasteiger partial charge in [-0.25, -0.2) is 0 Å². The molecule has 1 N–H and O–H groups in total. The second-order valence-corrected chi connectivity index (χ2v) is 6.25. The summed E-state index contributed by atoms with van der Waals surface area (Å²) < 4.78 is 49.8. The summed E-state index contributed by atoms with van der Waals surface area (Å²) in [7, 11) is 0. The van der Waals surface area contributed by atoms with Crippen LogP contribution < -0.4 is 15.0 Å². The Bertz CT molecular complexity index is 932. The van der Waals surface area contributed by atoms with E-state index in [2.05, 4.69) is 10.3 Å². The fraction of sp³-hybridized carbons (Fsp3) is 0.333. The number of carbonyl (C=O) groups excluding carboxylic acids is 1. The zero-order chi connectivity index (χ0) is 21.7. The number of aromatic nitrogens is 1. The van der Waals surface area contributed by atoms with Crippen molar-refractivity contribution in [2.24, 2.45) is 0 Å². The molecule has 1 aromatic carbocycles. The molecule has 12 heteroatoms. The number of benzene rings is 1. The molecule has 0 atom stereocenters. The molecule has 9 nitrogen and oxygen atoms in total. The fourth-order valence-corrected chi connectivity index (χ4v) is 2.85. The van der Waals surface area contributed by atoms with Crippen molar-refractivity contribution in [1.82, 2.24) is 4.98 Å². The van der Waals surface area contributed by atoms with E-state index in [1.165, 1.54) is 24.4 Å². The van der Waals surface area contributed by atoms with E-state index in [0.29, 0.717) is 32.0 Å². The van der Waals surface area contributed by atoms with Crippen molar-refractivity contribution in [2.75, 3.05) is 43.1 Å². The first-order valence-electron chi connectivity index (χ1n) is 8.81. The maximum Gasteiger partial charge on any atom is 0.416 e. The van der Waals surface area contributed by atoms with Gasteiger partial charge < -0.3 is 29.8 Å². The van der Waals surface area contributed by atoms with Crippen molar-refractivity contribution < 1.29 is 32.4 Å². The van der Waals surface area contributed by atoms with E-state index in [1.807, 2.05) is 0 Å². The van der Waals surface area contributed by atoms with Crippen LogP contribution in [0.15, 0.2) is 36.5 Å². The van der Waals surface area contributed by atoms with E-state index in [0.717, 1.165) is 12.1 Å². The van der Waals surface area contributed by atoms with Crippen LogP contribution in [0.1, 0.15) is 5.56 Å². The van der Waals surface area contributed by atoms with Gasteiger partial charge in [0.05, 0.1) is 30.2 Å². The molecule has 1 aliphatic rings. The summed E-state index contributed by atoms with van der Waals surface area (Å²) >= 11 is 0. The van der Waals surface area contributed by atoms with Gasteiger partial charge in [-0.05, 0) is 40.2 Å². The Morgan fingerprint density at radius 1 is 1.30 bits per heavy atom. The highest BCUT2D eigenvalue weighted by atomic mass is 19.4. The minimum absolute atomic E-state index is 0.0407. The average Bonchev–Trinajstić information content (AvgIpc) is 2.72. The second kappa shape index (κ2) is 8.95. The van der Waals surface area contributed by atoms with E-state index < -0.39 is 35.0 Å². The highest BCUT2D eigenvalue weighted by Gasteiger charge is 2.32. The average molecular weight is 426 g/mol. The van der Waals surface area contributed by atoms with E-state index >= 15 is 0 Å². The lowest BCUT2D eigenvalue weighted by Crippen LogP contribution is -2.37. The summed E-state index contributed by atoms with van der Waals surface area (Å²) in [6, 6.07) is 5.73. The first kappa shape index (κ1) is 21.3. The molecule has 30 heavy (non-hydrogen) atoms. The van der Waals surface area contributed by atoms with Gasteiger partial charge in [0.25, 0.3) is 5.91 Å². The molecule has 1 amide bonds. The molecule has 2 aromatic rings. The SMILES string of the molecule is O=C(COc1cccnc1[N+](=O)[O-])Nc1cc(C(F)(F)F)ccc1N1CCOCC1. The third kappa shape index (κ3) is 5.14. The van der Waals surface area contributed by atoms with Crippen molar-refractivity contribution in [1.29, 1.82) is 0 Å². The predicted octanol–water partition coefficient (Wildman–Crippen LogP) is 2.86. The number of rotatable bonds is 6. The third-order valence-electron chi connectivity index (χ3n) is 4.23. The van der Waals surface area contributed by atoms with Crippen LogP contribution in [0.5, 0.6) is 5.75 Å². The number of anilines is 2. The highest BCUT2D eigenvalue weighted by molar-refractivity contribution is 5.95. The Morgan fingerprint density at radius 2 is 2.03 bits per heavy atom. The molecule has 2 heterocycles. The standard InChI is InChI=1S/C18H17F3N4O5/c19-18(20,21)12-3-4-14(24-6-8-29-9-7-24)13(10-12)23-16(26)11-30-15-2-1-5-22-17(15)25(27)28/h1-5,10H,6-9,11H2,(H,23,26). The number of amides is 1. The van der Waals surface area contributed by atoms with Gasteiger partial charge in [-0.2, -0.15) is 13.2 Å². The number of carbonyl (C=O) groups is 1. The van der Waals surface area contributed by atoms with Crippen LogP contribution in [0.3, 0.4) is 0 Å². The minimum Gasteiger partial charge on any atom is -0.476 e. The Kier molecular flexibility index (Phi) is 6.35. The number of pyridine rings is 1. The number of nitrogens with one attached hydrogen (secondary N) is 1. The molecule has 160 valence electrons. The zero-order valence-corrected chi connectivity index (χ0v) is 15.5. The first-order valence-corrected chi connectivity index (χ1v) is 8.81. The van der Waals surface area contributed by atoms with Crippen LogP contribution in [-0.4, -0.2) is 48.7 Å². The molecule has 0 radical (unpaired) electrons. The molecule has 0 spiro atoms. The van der Waals surface area contributed by atoms with E-state index in [1.54, 1.807) is 4.90 Å². The molecular formula is C18H17F3N4O5. The molecule has 1 aromatic heterocycles. The van der Waals surface area contributed by atoms with Crippen LogP contribution in [0.25, 0.3) is 0 Å². The van der Waals surface area contributed by atoms with Crippen LogP contribution in [-0.2, 0) is 15.7 Å². The van der Waals surface area contributed by atoms with Crippen LogP contribution >= 0.6 is 0 Å². The molecule has 0 saturated carbocycles. The largest absolute Gasteiger partial charge is 0.476 e. The van der Waals surface area contributed by atoms with Gasteiger partial charge in [0.1, 0.15) is 6.20 Å². The maximum atomic E-state index is 13.1. The summed E-state index contributed by atoms with van der Waals surface area (Å²) in [6.45, 7) is 1.06. The van der Waals surface area contributed by atoms with Crippen LogP contribution in [0.2, 0.25) is 0 Å². The van der Waals surface area contributed by atoms with Gasteiger partial charge in [0.15, 0.2) is 6.61 Å². The van der Waals surface area contributed by atoms with Crippen LogP contribution in [0.4, 0.5) is 30.4 Å². The van der Waals surface area contributed by atoms with Crippen molar-refractivity contribution in [3.63, 3.8) is 0 Å². The maximum absolute atomic E-state index is 13.1. The number of hydrogen-bond donors (Lipinski definition) is 1. The normalized spacial score (nSPS) is 14.3. The van der Waals surface area contributed by atoms with E-state index in [4.69, 9.17) is 9.47 Å². The van der Waals surface area contributed by atoms with Gasteiger partial charge in [0.2, 0.25) is 5.75 Å². The highest BCUT2D eigenvalue weighted by Crippen LogP contribution is 2.35. The number of nitro groups is 1. The van der Waals surface area contributed by atoms with E-state index in [-0.39, 0.29) is 11.4 Å². The van der Waals surface area contributed by atoms with E-state index in [9.17, 15) is 28.1 Å². The summed E-state index contributed by atoms with van der Waals surface area (Å²) in [6.07, 6.45) is -3.39. The number of morpholine rings is 1. The first-order chi connectivity index (χ1) is 14.3. The van der Waals surface area contributed by atoms with Crippen molar-refractivity contribution >= 4 is 23.1 Å². The Balaban J connectivity index is 1.78. The quantitative estimate of drug-likeness (QED) is 0.559. The number of nitrogens with zero attached hydrogens (tertiary/aromatic N) is 3. The van der Waals surface area contributed by atoms with Gasteiger partial charge in [-0.1, -0.05) is 0 Å². The molecule has 0 aliphatic carbocycles. The van der Waals surface area contributed by atoms with Crippen molar-refractivity contribution in [3.05, 3.63) is 52.2 Å². The molecule has 3 rings (SSSR count). The van der Waals surface area contributed by atoms with Crippen LogP contribution in [0, 0.1) is 10.1 Å². The monoisotopic (exact) mass is 426 g/mol. The lowest BCUT2D eigenvalue weighted by molar-refractivity contribution is -0.390.